The molecule has 2 N–H and O–H groups in total. The Kier molecular flexibility index (Phi) is 7.26. The number of carbonyl (C=O) groups excluding carboxylic acids is 1. The number of fused-ring (bicyclic) bond motifs is 1. The molecule has 2 aromatic rings. The lowest BCUT2D eigenvalue weighted by Gasteiger charge is -2.27. The van der Waals surface area contributed by atoms with Gasteiger partial charge in [0.2, 0.25) is 0 Å². The van der Waals surface area contributed by atoms with Gasteiger partial charge in [-0.3, -0.25) is 9.78 Å². The number of hydrogen-bond donors (Lipinski definition) is 2. The molecule has 9 heteroatoms. The number of urea groups is 1. The first-order valence-corrected chi connectivity index (χ1v) is 11.6. The van der Waals surface area contributed by atoms with E-state index in [1.165, 1.54) is 5.56 Å². The summed E-state index contributed by atoms with van der Waals surface area (Å²) < 4.78 is 5.51. The topological polar surface area (TPSA) is 108 Å². The highest BCUT2D eigenvalue weighted by molar-refractivity contribution is 5.78. The molecule has 4 rings (SSSR count). The summed E-state index contributed by atoms with van der Waals surface area (Å²) in [6.07, 6.45) is 6.82. The zero-order valence-corrected chi connectivity index (χ0v) is 19.0. The molecule has 0 saturated carbocycles. The van der Waals surface area contributed by atoms with Crippen LogP contribution in [0.3, 0.4) is 0 Å². The van der Waals surface area contributed by atoms with Crippen LogP contribution in [0.2, 0.25) is 0 Å². The number of hydrogen-bond acceptors (Lipinski definition) is 6. The van der Waals surface area contributed by atoms with E-state index in [0.29, 0.717) is 37.6 Å². The summed E-state index contributed by atoms with van der Waals surface area (Å²) in [6.45, 7) is 4.99. The van der Waals surface area contributed by atoms with Crippen LogP contribution < -0.4 is 10.1 Å². The van der Waals surface area contributed by atoms with Gasteiger partial charge in [-0.1, -0.05) is 6.07 Å². The van der Waals surface area contributed by atoms with Crippen molar-refractivity contribution >= 4 is 17.8 Å². The number of nitrogens with zero attached hydrogens (tertiary/aromatic N) is 4. The average molecular weight is 454 g/mol. The van der Waals surface area contributed by atoms with Crippen molar-refractivity contribution < 1.29 is 19.4 Å². The number of aliphatic carboxylic acids is 1. The number of pyridine rings is 2. The third-order valence-corrected chi connectivity index (χ3v) is 6.11. The van der Waals surface area contributed by atoms with Crippen molar-refractivity contribution in [2.24, 2.45) is 0 Å². The standard InChI is InChI=1S/C24H31N5O4/c1-2-33-20-13-18(15-25-16-20)21(14-22(30)31)29-12-11-28(24(29)32)10-4-6-19-8-7-17-5-3-9-26-23(17)27-19/h7-8,13,15-16,21H,2-6,9-12,14H2,1H3,(H,26,27)(H,30,31)/t21-/m1/s1. The zero-order chi connectivity index (χ0) is 23.2. The number of carboxylic acids is 1. The Morgan fingerprint density at radius 2 is 2.18 bits per heavy atom. The second-order valence-corrected chi connectivity index (χ2v) is 8.41. The van der Waals surface area contributed by atoms with Gasteiger partial charge in [-0.05, 0) is 55.9 Å². The number of aromatic nitrogens is 2. The van der Waals surface area contributed by atoms with Crippen LogP contribution >= 0.6 is 0 Å². The smallest absolute Gasteiger partial charge is 0.320 e. The van der Waals surface area contributed by atoms with E-state index in [0.717, 1.165) is 43.7 Å². The van der Waals surface area contributed by atoms with Gasteiger partial charge in [0.25, 0.3) is 0 Å². The van der Waals surface area contributed by atoms with E-state index in [-0.39, 0.29) is 12.5 Å². The van der Waals surface area contributed by atoms with Crippen molar-refractivity contribution in [1.82, 2.24) is 19.8 Å². The van der Waals surface area contributed by atoms with Gasteiger partial charge in [0.15, 0.2) is 0 Å². The highest BCUT2D eigenvalue weighted by Crippen LogP contribution is 2.30. The molecule has 0 bridgehead atoms. The molecule has 0 aliphatic carbocycles. The van der Waals surface area contributed by atoms with E-state index >= 15 is 0 Å². The molecule has 0 unspecified atom stereocenters. The minimum absolute atomic E-state index is 0.136. The Morgan fingerprint density at radius 1 is 1.30 bits per heavy atom. The Balaban J connectivity index is 1.38. The molecule has 0 spiro atoms. The fraction of sp³-hybridized carbons (Fsp3) is 0.500. The molecule has 1 saturated heterocycles. The molecule has 176 valence electrons. The fourth-order valence-corrected chi connectivity index (χ4v) is 4.49. The normalized spacial score (nSPS) is 16.3. The molecule has 1 atom stereocenters. The summed E-state index contributed by atoms with van der Waals surface area (Å²) >= 11 is 0. The number of anilines is 1. The van der Waals surface area contributed by atoms with Crippen LogP contribution in [0.5, 0.6) is 5.75 Å². The van der Waals surface area contributed by atoms with Gasteiger partial charge in [0, 0.05) is 38.1 Å². The maximum atomic E-state index is 13.1. The van der Waals surface area contributed by atoms with E-state index in [4.69, 9.17) is 9.72 Å². The second kappa shape index (κ2) is 10.5. The molecular weight excluding hydrogens is 422 g/mol. The molecule has 9 nitrogen and oxygen atoms in total. The summed E-state index contributed by atoms with van der Waals surface area (Å²) in [5.41, 5.74) is 2.96. The lowest BCUT2D eigenvalue weighted by molar-refractivity contribution is -0.138. The Morgan fingerprint density at radius 3 is 3.00 bits per heavy atom. The van der Waals surface area contributed by atoms with Crippen molar-refractivity contribution in [3.63, 3.8) is 0 Å². The van der Waals surface area contributed by atoms with Gasteiger partial charge < -0.3 is 25.0 Å². The predicted octanol–water partition coefficient (Wildman–Crippen LogP) is 3.12. The van der Waals surface area contributed by atoms with Crippen molar-refractivity contribution in [2.75, 3.05) is 38.1 Å². The largest absolute Gasteiger partial charge is 0.492 e. The number of rotatable bonds is 10. The van der Waals surface area contributed by atoms with E-state index < -0.39 is 12.0 Å². The summed E-state index contributed by atoms with van der Waals surface area (Å²) in [5, 5.41) is 12.8. The summed E-state index contributed by atoms with van der Waals surface area (Å²) in [7, 11) is 0. The molecule has 2 amide bonds. The van der Waals surface area contributed by atoms with Gasteiger partial charge in [-0.25, -0.2) is 9.78 Å². The Hall–Kier alpha value is -3.36. The van der Waals surface area contributed by atoms with Gasteiger partial charge in [0.1, 0.15) is 11.6 Å². The molecule has 4 heterocycles. The number of carboxylic acid groups (broad SMARTS) is 1. The fourth-order valence-electron chi connectivity index (χ4n) is 4.49. The van der Waals surface area contributed by atoms with Crippen molar-refractivity contribution in [2.45, 2.75) is 45.1 Å². The van der Waals surface area contributed by atoms with Crippen LogP contribution in [-0.4, -0.2) is 69.7 Å². The Bertz CT molecular complexity index is 999. The number of amides is 2. The van der Waals surface area contributed by atoms with E-state index in [9.17, 15) is 14.7 Å². The van der Waals surface area contributed by atoms with E-state index in [1.807, 2.05) is 6.92 Å². The first kappa shape index (κ1) is 22.8. The van der Waals surface area contributed by atoms with Crippen molar-refractivity contribution in [3.05, 3.63) is 47.4 Å². The van der Waals surface area contributed by atoms with Crippen LogP contribution in [0.25, 0.3) is 0 Å². The molecule has 0 radical (unpaired) electrons. The number of carbonyl (C=O) groups is 2. The number of ether oxygens (including phenoxy) is 1. The SMILES string of the molecule is CCOc1cncc([C@@H](CC(=O)O)N2CCN(CCCc3ccc4c(n3)NCCC4)C2=O)c1. The highest BCUT2D eigenvalue weighted by atomic mass is 16.5. The Labute approximate surface area is 193 Å². The van der Waals surface area contributed by atoms with Gasteiger partial charge in [0.05, 0.1) is 25.3 Å². The predicted molar refractivity (Wildman–Crippen MR) is 123 cm³/mol. The van der Waals surface area contributed by atoms with Gasteiger partial charge in [-0.15, -0.1) is 0 Å². The van der Waals surface area contributed by atoms with Crippen LogP contribution in [0, 0.1) is 0 Å². The zero-order valence-electron chi connectivity index (χ0n) is 19.0. The van der Waals surface area contributed by atoms with Crippen LogP contribution in [0.4, 0.5) is 10.6 Å². The lowest BCUT2D eigenvalue weighted by atomic mass is 10.0. The number of aryl methyl sites for hydroxylation is 2. The van der Waals surface area contributed by atoms with Crippen LogP contribution in [-0.2, 0) is 17.6 Å². The first-order valence-electron chi connectivity index (χ1n) is 11.6. The minimum Gasteiger partial charge on any atom is -0.492 e. The van der Waals surface area contributed by atoms with Gasteiger partial charge >= 0.3 is 12.0 Å². The lowest BCUT2D eigenvalue weighted by Crippen LogP contribution is -2.36. The van der Waals surface area contributed by atoms with E-state index in [2.05, 4.69) is 22.4 Å². The van der Waals surface area contributed by atoms with Crippen LogP contribution in [0.1, 0.15) is 49.0 Å². The van der Waals surface area contributed by atoms with Crippen LogP contribution in [0.15, 0.2) is 30.6 Å². The molecule has 0 aromatic carbocycles. The summed E-state index contributed by atoms with van der Waals surface area (Å²) in [4.78, 5) is 37.0. The van der Waals surface area contributed by atoms with E-state index in [1.54, 1.807) is 28.3 Å². The molecule has 1 fully saturated rings. The summed E-state index contributed by atoms with van der Waals surface area (Å²) in [5.74, 6) is 0.600. The highest BCUT2D eigenvalue weighted by Gasteiger charge is 2.35. The average Bonchev–Trinajstić information content (AvgIpc) is 3.17. The molecule has 2 aromatic heterocycles. The third-order valence-electron chi connectivity index (χ3n) is 6.11. The van der Waals surface area contributed by atoms with Gasteiger partial charge in [-0.2, -0.15) is 0 Å². The maximum absolute atomic E-state index is 13.1. The van der Waals surface area contributed by atoms with Crippen molar-refractivity contribution in [1.29, 1.82) is 0 Å². The molecule has 2 aliphatic rings. The number of nitrogens with one attached hydrogen (secondary N) is 1. The molecule has 33 heavy (non-hydrogen) atoms. The second-order valence-electron chi connectivity index (χ2n) is 8.41. The summed E-state index contributed by atoms with van der Waals surface area (Å²) in [6, 6.07) is 5.28. The first-order chi connectivity index (χ1) is 16.0. The quantitative estimate of drug-likeness (QED) is 0.569. The monoisotopic (exact) mass is 453 g/mol. The molecular formula is C24H31N5O4. The van der Waals surface area contributed by atoms with Crippen molar-refractivity contribution in [3.8, 4) is 5.75 Å². The maximum Gasteiger partial charge on any atom is 0.320 e. The third kappa shape index (κ3) is 5.53. The molecule has 2 aliphatic heterocycles. The minimum atomic E-state index is -0.958.